The lowest BCUT2D eigenvalue weighted by atomic mass is 10.2. The van der Waals surface area contributed by atoms with E-state index in [0.29, 0.717) is 13.2 Å². The third kappa shape index (κ3) is 9.31. The van der Waals surface area contributed by atoms with E-state index >= 15 is 0 Å². The Morgan fingerprint density at radius 3 is 2.00 bits per heavy atom. The maximum atomic E-state index is 14.0. The van der Waals surface area contributed by atoms with Gasteiger partial charge < -0.3 is 19.4 Å². The van der Waals surface area contributed by atoms with Crippen molar-refractivity contribution in [3.8, 4) is 5.75 Å². The van der Waals surface area contributed by atoms with Crippen LogP contribution in [-0.4, -0.2) is 86.2 Å². The zero-order chi connectivity index (χ0) is 25.7. The van der Waals surface area contributed by atoms with Gasteiger partial charge in [-0.1, -0.05) is 40.2 Å². The molecular formula is C30H43BrN4O2. The van der Waals surface area contributed by atoms with Crippen molar-refractivity contribution in [2.45, 2.75) is 44.9 Å². The van der Waals surface area contributed by atoms with Gasteiger partial charge in [0.2, 0.25) is 0 Å². The van der Waals surface area contributed by atoms with Gasteiger partial charge in [-0.05, 0) is 115 Å². The van der Waals surface area contributed by atoms with Crippen LogP contribution in [0.25, 0.3) is 0 Å². The van der Waals surface area contributed by atoms with Crippen LogP contribution in [0.3, 0.4) is 0 Å². The van der Waals surface area contributed by atoms with Crippen molar-refractivity contribution in [3.05, 3.63) is 59.1 Å². The molecule has 0 spiro atoms. The van der Waals surface area contributed by atoms with Crippen LogP contribution in [0.1, 0.15) is 44.9 Å². The summed E-state index contributed by atoms with van der Waals surface area (Å²) in [5.41, 5.74) is 0.933. The topological polar surface area (TPSA) is 39.3 Å². The summed E-state index contributed by atoms with van der Waals surface area (Å²) in [7, 11) is 0. The maximum Gasteiger partial charge on any atom is 0.324 e. The number of urea groups is 1. The standard InChI is InChI=1S/C30H43BrN4O2/c31-27-12-8-13-28(26-27)35(24-11-25-37-29-14-2-1-3-15-29)30(36)34(22-9-20-32-16-4-5-17-32)23-10-21-33-18-6-7-19-33/h1-3,8,12-15,26H,4-7,9-11,16-25H2. The molecule has 2 aromatic carbocycles. The number of ether oxygens (including phenoxy) is 1. The molecule has 2 fully saturated rings. The first-order chi connectivity index (χ1) is 18.2. The monoisotopic (exact) mass is 570 g/mol. The Labute approximate surface area is 231 Å². The van der Waals surface area contributed by atoms with Crippen molar-refractivity contribution in [1.82, 2.24) is 14.7 Å². The fourth-order valence-electron chi connectivity index (χ4n) is 5.37. The summed E-state index contributed by atoms with van der Waals surface area (Å²) in [6.45, 7) is 9.78. The van der Waals surface area contributed by atoms with Gasteiger partial charge >= 0.3 is 6.03 Å². The van der Waals surface area contributed by atoms with E-state index in [4.69, 9.17) is 4.74 Å². The molecule has 202 valence electrons. The number of anilines is 1. The van der Waals surface area contributed by atoms with E-state index in [1.54, 1.807) is 0 Å². The number of hydrogen-bond acceptors (Lipinski definition) is 4. The molecule has 0 bridgehead atoms. The van der Waals surface area contributed by atoms with Crippen molar-refractivity contribution >= 4 is 27.6 Å². The summed E-state index contributed by atoms with van der Waals surface area (Å²) >= 11 is 3.60. The van der Waals surface area contributed by atoms with E-state index in [1.807, 2.05) is 59.5 Å². The van der Waals surface area contributed by atoms with Crippen LogP contribution in [-0.2, 0) is 0 Å². The zero-order valence-electron chi connectivity index (χ0n) is 22.2. The number of para-hydroxylation sites is 1. The van der Waals surface area contributed by atoms with E-state index in [1.165, 1.54) is 51.9 Å². The number of benzene rings is 2. The molecule has 0 unspecified atom stereocenters. The molecule has 0 aromatic heterocycles. The van der Waals surface area contributed by atoms with Crippen LogP contribution in [0.5, 0.6) is 5.75 Å². The van der Waals surface area contributed by atoms with E-state index in [2.05, 4.69) is 30.6 Å². The largest absolute Gasteiger partial charge is 0.494 e. The van der Waals surface area contributed by atoms with Gasteiger partial charge in [-0.25, -0.2) is 4.79 Å². The van der Waals surface area contributed by atoms with Crippen molar-refractivity contribution < 1.29 is 9.53 Å². The predicted molar refractivity (Wildman–Crippen MR) is 156 cm³/mol. The average molecular weight is 572 g/mol. The molecule has 2 saturated heterocycles. The Kier molecular flexibility index (Phi) is 11.6. The Balaban J connectivity index is 1.39. The summed E-state index contributed by atoms with van der Waals surface area (Å²) in [5.74, 6) is 0.869. The molecule has 2 aromatic rings. The van der Waals surface area contributed by atoms with Gasteiger partial charge in [0, 0.05) is 29.8 Å². The first-order valence-electron chi connectivity index (χ1n) is 14.1. The molecule has 0 atom stereocenters. The van der Waals surface area contributed by atoms with E-state index in [-0.39, 0.29) is 6.03 Å². The normalized spacial score (nSPS) is 16.2. The first kappa shape index (κ1) is 27.9. The fourth-order valence-corrected chi connectivity index (χ4v) is 5.75. The maximum absolute atomic E-state index is 14.0. The highest BCUT2D eigenvalue weighted by Gasteiger charge is 2.23. The quantitative estimate of drug-likeness (QED) is 0.256. The second-order valence-electron chi connectivity index (χ2n) is 10.2. The minimum Gasteiger partial charge on any atom is -0.494 e. The minimum absolute atomic E-state index is 0.112. The number of nitrogens with zero attached hydrogens (tertiary/aromatic N) is 4. The SMILES string of the molecule is O=C(N(CCCN1CCCC1)CCCN1CCCC1)N(CCCOc1ccccc1)c1cccc(Br)c1. The molecule has 2 heterocycles. The number of rotatable bonds is 14. The van der Waals surface area contributed by atoms with Crippen molar-refractivity contribution in [1.29, 1.82) is 0 Å². The third-order valence-electron chi connectivity index (χ3n) is 7.36. The van der Waals surface area contributed by atoms with Crippen LogP contribution < -0.4 is 9.64 Å². The molecule has 6 nitrogen and oxygen atoms in total. The second-order valence-corrected chi connectivity index (χ2v) is 11.1. The molecule has 2 amide bonds. The van der Waals surface area contributed by atoms with Gasteiger partial charge in [-0.15, -0.1) is 0 Å². The van der Waals surface area contributed by atoms with Crippen LogP contribution in [0, 0.1) is 0 Å². The number of likely N-dealkylation sites (tertiary alicyclic amines) is 2. The summed E-state index contributed by atoms with van der Waals surface area (Å²) < 4.78 is 6.91. The molecule has 0 aliphatic carbocycles. The number of carbonyl (C=O) groups excluding carboxylic acids is 1. The predicted octanol–water partition coefficient (Wildman–Crippen LogP) is 6.12. The van der Waals surface area contributed by atoms with Gasteiger partial charge in [0.1, 0.15) is 5.75 Å². The van der Waals surface area contributed by atoms with Crippen LogP contribution in [0.15, 0.2) is 59.1 Å². The van der Waals surface area contributed by atoms with Gasteiger partial charge in [0.25, 0.3) is 0 Å². The third-order valence-corrected chi connectivity index (χ3v) is 7.85. The van der Waals surface area contributed by atoms with Crippen molar-refractivity contribution in [2.75, 3.05) is 70.4 Å². The van der Waals surface area contributed by atoms with E-state index < -0.39 is 0 Å². The lowest BCUT2D eigenvalue weighted by Gasteiger charge is -2.32. The molecule has 2 aliphatic rings. The van der Waals surface area contributed by atoms with Crippen LogP contribution >= 0.6 is 15.9 Å². The smallest absolute Gasteiger partial charge is 0.324 e. The second kappa shape index (κ2) is 15.4. The summed E-state index contributed by atoms with van der Waals surface area (Å²) in [6.07, 6.45) is 8.04. The minimum atomic E-state index is 0.112. The van der Waals surface area contributed by atoms with Crippen molar-refractivity contribution in [2.24, 2.45) is 0 Å². The highest BCUT2D eigenvalue weighted by atomic mass is 79.9. The Morgan fingerprint density at radius 2 is 1.41 bits per heavy atom. The summed E-state index contributed by atoms with van der Waals surface area (Å²) in [5, 5.41) is 0. The average Bonchev–Trinajstić information content (AvgIpc) is 3.63. The fraction of sp³-hybridized carbons (Fsp3) is 0.567. The number of amides is 2. The lowest BCUT2D eigenvalue weighted by Crippen LogP contribution is -2.46. The lowest BCUT2D eigenvalue weighted by molar-refractivity contribution is 0.194. The zero-order valence-corrected chi connectivity index (χ0v) is 23.8. The molecule has 7 heteroatoms. The van der Waals surface area contributed by atoms with Crippen LogP contribution in [0.2, 0.25) is 0 Å². The molecule has 0 N–H and O–H groups in total. The first-order valence-corrected chi connectivity index (χ1v) is 14.9. The Bertz CT molecular complexity index is 910. The summed E-state index contributed by atoms with van der Waals surface area (Å²) in [6, 6.07) is 18.1. The highest BCUT2D eigenvalue weighted by Crippen LogP contribution is 2.22. The summed E-state index contributed by atoms with van der Waals surface area (Å²) in [4.78, 5) is 23.2. The van der Waals surface area contributed by atoms with E-state index in [0.717, 1.165) is 61.4 Å². The number of halogens is 1. The number of carbonyl (C=O) groups is 1. The van der Waals surface area contributed by atoms with Gasteiger partial charge in [0.05, 0.1) is 6.61 Å². The molecule has 0 radical (unpaired) electrons. The Hall–Kier alpha value is -2.09. The van der Waals surface area contributed by atoms with Gasteiger partial charge in [-0.2, -0.15) is 0 Å². The molecule has 0 saturated carbocycles. The number of hydrogen-bond donors (Lipinski definition) is 0. The van der Waals surface area contributed by atoms with E-state index in [9.17, 15) is 4.79 Å². The highest BCUT2D eigenvalue weighted by molar-refractivity contribution is 9.10. The Morgan fingerprint density at radius 1 is 0.784 bits per heavy atom. The van der Waals surface area contributed by atoms with Gasteiger partial charge in [-0.3, -0.25) is 4.90 Å². The van der Waals surface area contributed by atoms with Crippen LogP contribution in [0.4, 0.5) is 10.5 Å². The molecule has 2 aliphatic heterocycles. The molecule has 4 rings (SSSR count). The molecule has 37 heavy (non-hydrogen) atoms. The molecular weight excluding hydrogens is 528 g/mol. The van der Waals surface area contributed by atoms with Crippen molar-refractivity contribution in [3.63, 3.8) is 0 Å². The van der Waals surface area contributed by atoms with Gasteiger partial charge in [0.15, 0.2) is 0 Å².